The SMILES string of the molecule is CC/C(=N/NC(=O)c1ccccc1O)c1c(O)n(-c2ccc(OC)cc2)c(=O)[nH]c1=O. The number of nitrogens with one attached hydrogen (secondary N) is 2. The third kappa shape index (κ3) is 4.32. The maximum Gasteiger partial charge on any atom is 0.335 e. The Morgan fingerprint density at radius 1 is 1.13 bits per heavy atom. The Hall–Kier alpha value is -4.34. The third-order valence-corrected chi connectivity index (χ3v) is 4.48. The van der Waals surface area contributed by atoms with E-state index in [0.717, 1.165) is 4.57 Å². The van der Waals surface area contributed by atoms with Gasteiger partial charge in [-0.25, -0.2) is 14.8 Å². The number of H-pyrrole nitrogens is 1. The quantitative estimate of drug-likeness (QED) is 0.348. The Labute approximate surface area is 176 Å². The molecule has 1 amide bonds. The summed E-state index contributed by atoms with van der Waals surface area (Å²) < 4.78 is 5.99. The molecule has 1 heterocycles. The molecule has 0 radical (unpaired) electrons. The number of hydrogen-bond donors (Lipinski definition) is 4. The molecule has 2 aromatic carbocycles. The largest absolute Gasteiger partial charge is 0.507 e. The number of hydrazone groups is 1. The second kappa shape index (κ2) is 8.99. The summed E-state index contributed by atoms with van der Waals surface area (Å²) in [4.78, 5) is 39.2. The smallest absolute Gasteiger partial charge is 0.335 e. The van der Waals surface area contributed by atoms with Crippen LogP contribution in [0.2, 0.25) is 0 Å². The van der Waals surface area contributed by atoms with Gasteiger partial charge in [-0.05, 0) is 42.8 Å². The van der Waals surface area contributed by atoms with Crippen molar-refractivity contribution in [2.24, 2.45) is 5.10 Å². The minimum absolute atomic E-state index is 0.0111. The van der Waals surface area contributed by atoms with Crippen LogP contribution in [0.3, 0.4) is 0 Å². The maximum absolute atomic E-state index is 12.4. The number of ether oxygens (including phenoxy) is 1. The number of benzene rings is 2. The van der Waals surface area contributed by atoms with E-state index < -0.39 is 23.0 Å². The van der Waals surface area contributed by atoms with E-state index in [1.54, 1.807) is 31.2 Å². The average molecular weight is 424 g/mol. The number of rotatable bonds is 6. The topological polar surface area (TPSA) is 146 Å². The van der Waals surface area contributed by atoms with Gasteiger partial charge in [-0.15, -0.1) is 0 Å². The van der Waals surface area contributed by atoms with Crippen LogP contribution in [0.25, 0.3) is 5.69 Å². The molecule has 0 atom stereocenters. The number of aromatic hydroxyl groups is 2. The first-order chi connectivity index (χ1) is 14.9. The fourth-order valence-corrected chi connectivity index (χ4v) is 2.91. The molecule has 3 aromatic rings. The molecule has 0 aliphatic carbocycles. The van der Waals surface area contributed by atoms with Gasteiger partial charge in [0.15, 0.2) is 0 Å². The summed E-state index contributed by atoms with van der Waals surface area (Å²) in [6.07, 6.45) is 0.151. The average Bonchev–Trinajstić information content (AvgIpc) is 2.76. The first-order valence-electron chi connectivity index (χ1n) is 9.25. The summed E-state index contributed by atoms with van der Waals surface area (Å²) in [6, 6.07) is 12.1. The molecule has 0 saturated carbocycles. The van der Waals surface area contributed by atoms with Crippen molar-refractivity contribution in [3.63, 3.8) is 0 Å². The van der Waals surface area contributed by atoms with Gasteiger partial charge in [0, 0.05) is 0 Å². The summed E-state index contributed by atoms with van der Waals surface area (Å²) in [5.41, 5.74) is 0.594. The molecule has 31 heavy (non-hydrogen) atoms. The van der Waals surface area contributed by atoms with Crippen molar-refractivity contribution >= 4 is 11.6 Å². The Kier molecular flexibility index (Phi) is 6.20. The van der Waals surface area contributed by atoms with Crippen molar-refractivity contribution in [3.8, 4) is 23.1 Å². The number of phenolic OH excluding ortho intramolecular Hbond substituents is 1. The molecule has 0 unspecified atom stereocenters. The first kappa shape index (κ1) is 21.4. The van der Waals surface area contributed by atoms with E-state index in [1.807, 2.05) is 0 Å². The van der Waals surface area contributed by atoms with Crippen LogP contribution in [0.4, 0.5) is 0 Å². The van der Waals surface area contributed by atoms with Crippen molar-refractivity contribution in [2.45, 2.75) is 13.3 Å². The number of aromatic amines is 1. The van der Waals surface area contributed by atoms with Gasteiger partial charge in [0.1, 0.15) is 17.1 Å². The second-order valence-electron chi connectivity index (χ2n) is 6.36. The fourth-order valence-electron chi connectivity index (χ4n) is 2.91. The van der Waals surface area contributed by atoms with Gasteiger partial charge in [0.2, 0.25) is 5.88 Å². The normalized spacial score (nSPS) is 11.2. The van der Waals surface area contributed by atoms with Crippen LogP contribution >= 0.6 is 0 Å². The van der Waals surface area contributed by atoms with E-state index in [2.05, 4.69) is 15.5 Å². The van der Waals surface area contributed by atoms with Gasteiger partial charge in [0.25, 0.3) is 11.5 Å². The monoisotopic (exact) mass is 424 g/mol. The first-order valence-corrected chi connectivity index (χ1v) is 9.25. The van der Waals surface area contributed by atoms with Gasteiger partial charge in [0.05, 0.1) is 24.1 Å². The zero-order chi connectivity index (χ0) is 22.5. The third-order valence-electron chi connectivity index (χ3n) is 4.48. The number of aromatic nitrogens is 2. The van der Waals surface area contributed by atoms with Gasteiger partial charge in [-0.2, -0.15) is 5.10 Å². The number of carbonyl (C=O) groups is 1. The van der Waals surface area contributed by atoms with E-state index in [4.69, 9.17) is 4.74 Å². The minimum atomic E-state index is -0.857. The van der Waals surface area contributed by atoms with Crippen molar-refractivity contribution in [1.29, 1.82) is 0 Å². The predicted molar refractivity (Wildman–Crippen MR) is 113 cm³/mol. The molecule has 10 heteroatoms. The van der Waals surface area contributed by atoms with E-state index >= 15 is 0 Å². The highest BCUT2D eigenvalue weighted by Crippen LogP contribution is 2.20. The molecule has 4 N–H and O–H groups in total. The molecule has 0 bridgehead atoms. The zero-order valence-corrected chi connectivity index (χ0v) is 16.7. The number of hydrogen-bond acceptors (Lipinski definition) is 7. The Morgan fingerprint density at radius 3 is 2.42 bits per heavy atom. The lowest BCUT2D eigenvalue weighted by atomic mass is 10.1. The molecule has 0 aliphatic rings. The molecular formula is C21H20N4O6. The summed E-state index contributed by atoms with van der Waals surface area (Å²) in [7, 11) is 1.49. The Morgan fingerprint density at radius 2 is 1.81 bits per heavy atom. The second-order valence-corrected chi connectivity index (χ2v) is 6.36. The number of phenols is 1. The summed E-state index contributed by atoms with van der Waals surface area (Å²) in [5, 5.41) is 24.5. The fraction of sp³-hybridized carbons (Fsp3) is 0.143. The summed E-state index contributed by atoms with van der Waals surface area (Å²) >= 11 is 0. The standard InChI is InChI=1S/C21H20N4O6/c1-3-15(23-24-18(27)14-6-4-5-7-16(14)26)17-19(28)22-21(30)25(20(17)29)12-8-10-13(31-2)11-9-12/h4-11,26,29H,3H2,1-2H3,(H,24,27)(H,22,28,30)/b23-15-. The number of para-hydroxylation sites is 1. The lowest BCUT2D eigenvalue weighted by Gasteiger charge is -2.13. The van der Waals surface area contributed by atoms with Gasteiger partial charge >= 0.3 is 5.69 Å². The van der Waals surface area contributed by atoms with Crippen LogP contribution in [0.5, 0.6) is 17.4 Å². The van der Waals surface area contributed by atoms with E-state index in [0.29, 0.717) is 5.75 Å². The van der Waals surface area contributed by atoms with Gasteiger partial charge < -0.3 is 14.9 Å². The molecular weight excluding hydrogens is 404 g/mol. The highest BCUT2D eigenvalue weighted by molar-refractivity contribution is 6.03. The Bertz CT molecular complexity index is 1260. The van der Waals surface area contributed by atoms with Gasteiger partial charge in [-0.3, -0.25) is 14.6 Å². The maximum atomic E-state index is 12.4. The number of methoxy groups -OCH3 is 1. The van der Waals surface area contributed by atoms with Crippen LogP contribution in [0.1, 0.15) is 29.3 Å². The molecule has 1 aromatic heterocycles. The molecule has 3 rings (SSSR count). The highest BCUT2D eigenvalue weighted by atomic mass is 16.5. The van der Waals surface area contributed by atoms with Crippen molar-refractivity contribution < 1.29 is 19.7 Å². The van der Waals surface area contributed by atoms with E-state index in [1.165, 1.54) is 31.4 Å². The molecule has 0 saturated heterocycles. The summed E-state index contributed by atoms with van der Waals surface area (Å²) in [6.45, 7) is 1.66. The number of nitrogens with zero attached hydrogens (tertiary/aromatic N) is 2. The van der Waals surface area contributed by atoms with Crippen molar-refractivity contribution in [3.05, 3.63) is 80.5 Å². The molecule has 0 fully saturated rings. The highest BCUT2D eigenvalue weighted by Gasteiger charge is 2.20. The van der Waals surface area contributed by atoms with Crippen LogP contribution < -0.4 is 21.4 Å². The lowest BCUT2D eigenvalue weighted by Crippen LogP contribution is -2.34. The lowest BCUT2D eigenvalue weighted by molar-refractivity contribution is 0.0952. The van der Waals surface area contributed by atoms with Crippen LogP contribution in [-0.2, 0) is 0 Å². The predicted octanol–water partition coefficient (Wildman–Crippen LogP) is 1.49. The molecule has 0 spiro atoms. The van der Waals surface area contributed by atoms with Crippen LogP contribution in [0.15, 0.2) is 63.2 Å². The van der Waals surface area contributed by atoms with E-state index in [9.17, 15) is 24.6 Å². The Balaban J connectivity index is 2.04. The number of carbonyl (C=O) groups excluding carboxylic acids is 1. The van der Waals surface area contributed by atoms with Crippen molar-refractivity contribution in [1.82, 2.24) is 15.0 Å². The van der Waals surface area contributed by atoms with Gasteiger partial charge in [-0.1, -0.05) is 19.1 Å². The molecule has 0 aliphatic heterocycles. The molecule has 160 valence electrons. The number of amides is 1. The van der Waals surface area contributed by atoms with Crippen molar-refractivity contribution in [2.75, 3.05) is 7.11 Å². The minimum Gasteiger partial charge on any atom is -0.507 e. The van der Waals surface area contributed by atoms with Crippen LogP contribution in [0, 0.1) is 0 Å². The van der Waals surface area contributed by atoms with Crippen LogP contribution in [-0.4, -0.2) is 38.5 Å². The van der Waals surface area contributed by atoms with E-state index in [-0.39, 0.29) is 34.7 Å². The summed E-state index contributed by atoms with van der Waals surface area (Å²) in [5.74, 6) is -1.02. The zero-order valence-electron chi connectivity index (χ0n) is 16.7. The molecule has 10 nitrogen and oxygen atoms in total.